The lowest BCUT2D eigenvalue weighted by molar-refractivity contribution is -0.384. The average Bonchev–Trinajstić information content (AvgIpc) is 2.29. The van der Waals surface area contributed by atoms with Crippen LogP contribution < -0.4 is 0 Å². The van der Waals surface area contributed by atoms with Gasteiger partial charge < -0.3 is 0 Å². The molecule has 2 aromatic rings. The van der Waals surface area contributed by atoms with Crippen LogP contribution >= 0.6 is 15.9 Å². The highest BCUT2D eigenvalue weighted by Gasteiger charge is 2.17. The van der Waals surface area contributed by atoms with Crippen LogP contribution in [0.2, 0.25) is 0 Å². The lowest BCUT2D eigenvalue weighted by Crippen LogP contribution is -1.92. The van der Waals surface area contributed by atoms with Gasteiger partial charge in [0.2, 0.25) is 0 Å². The first-order chi connectivity index (χ1) is 7.70. The number of nitro groups is 1. The Balaban J connectivity index is 2.68. The van der Waals surface area contributed by atoms with Crippen LogP contribution in [0.15, 0.2) is 53.0 Å². The van der Waals surface area contributed by atoms with Gasteiger partial charge >= 0.3 is 0 Å². The molecule has 0 heterocycles. The monoisotopic (exact) mass is 277 g/mol. The minimum atomic E-state index is -0.368. The molecule has 0 aliphatic heterocycles. The van der Waals surface area contributed by atoms with Crippen molar-refractivity contribution in [2.45, 2.75) is 0 Å². The Hall–Kier alpha value is -1.68. The zero-order valence-electron chi connectivity index (χ0n) is 8.26. The van der Waals surface area contributed by atoms with Crippen molar-refractivity contribution in [3.05, 3.63) is 63.1 Å². The molecule has 4 heteroatoms. The minimum absolute atomic E-state index is 0.112. The van der Waals surface area contributed by atoms with Crippen molar-refractivity contribution in [2.75, 3.05) is 0 Å². The third-order valence-electron chi connectivity index (χ3n) is 2.25. The van der Waals surface area contributed by atoms with E-state index in [4.69, 9.17) is 0 Å². The Kier molecular flexibility index (Phi) is 3.01. The van der Waals surface area contributed by atoms with Crippen LogP contribution in [0, 0.1) is 10.1 Å². The lowest BCUT2D eigenvalue weighted by atomic mass is 10.0. The summed E-state index contributed by atoms with van der Waals surface area (Å²) >= 11 is 3.35. The predicted molar refractivity (Wildman–Crippen MR) is 66.2 cm³/mol. The molecule has 0 radical (unpaired) electrons. The van der Waals surface area contributed by atoms with Crippen LogP contribution in [-0.4, -0.2) is 4.92 Å². The Morgan fingerprint density at radius 1 is 1.00 bits per heavy atom. The molecule has 16 heavy (non-hydrogen) atoms. The number of halogens is 1. The number of nitrogens with zero attached hydrogens (tertiary/aromatic N) is 1. The molecule has 0 bridgehead atoms. The van der Waals surface area contributed by atoms with E-state index < -0.39 is 0 Å². The molecule has 0 atom stereocenters. The molecule has 0 aliphatic carbocycles. The average molecular weight is 278 g/mol. The molecule has 0 unspecified atom stereocenters. The summed E-state index contributed by atoms with van der Waals surface area (Å²) < 4.78 is 0.730. The fourth-order valence-electron chi connectivity index (χ4n) is 1.56. The molecule has 0 amide bonds. The number of rotatable bonds is 2. The first-order valence-electron chi connectivity index (χ1n) is 4.68. The maximum atomic E-state index is 10.9. The second kappa shape index (κ2) is 4.45. The summed E-state index contributed by atoms with van der Waals surface area (Å²) in [4.78, 5) is 10.6. The van der Waals surface area contributed by atoms with Crippen LogP contribution in [0.4, 0.5) is 5.69 Å². The molecule has 80 valence electrons. The van der Waals surface area contributed by atoms with Gasteiger partial charge in [-0.15, -0.1) is 0 Å². The Bertz CT molecular complexity index is 526. The van der Waals surface area contributed by atoms with Crippen molar-refractivity contribution < 1.29 is 4.92 Å². The van der Waals surface area contributed by atoms with Gasteiger partial charge in [0, 0.05) is 10.5 Å². The van der Waals surface area contributed by atoms with E-state index in [1.807, 2.05) is 30.3 Å². The molecule has 0 N–H and O–H groups in total. The molecular weight excluding hydrogens is 270 g/mol. The van der Waals surface area contributed by atoms with Crippen molar-refractivity contribution in [3.63, 3.8) is 0 Å². The fraction of sp³-hybridized carbons (Fsp3) is 0. The summed E-state index contributed by atoms with van der Waals surface area (Å²) in [7, 11) is 0. The zero-order valence-corrected chi connectivity index (χ0v) is 9.85. The third kappa shape index (κ3) is 1.97. The van der Waals surface area contributed by atoms with Gasteiger partial charge in [0.1, 0.15) is 0 Å². The zero-order chi connectivity index (χ0) is 11.5. The van der Waals surface area contributed by atoms with E-state index in [2.05, 4.69) is 15.9 Å². The van der Waals surface area contributed by atoms with Crippen LogP contribution in [0.3, 0.4) is 0 Å². The first kappa shape index (κ1) is 10.8. The van der Waals surface area contributed by atoms with Gasteiger partial charge in [-0.05, 0) is 27.6 Å². The molecule has 0 spiro atoms. The standard InChI is InChI=1S/C12H8BrNO2/c13-10-7-4-8-11(14(15)16)12(10)9-5-2-1-3-6-9/h1-8H. The van der Waals surface area contributed by atoms with Gasteiger partial charge in [-0.1, -0.05) is 36.4 Å². The molecular formula is C12H8BrNO2. The molecule has 0 aromatic heterocycles. The van der Waals surface area contributed by atoms with E-state index in [-0.39, 0.29) is 10.6 Å². The first-order valence-corrected chi connectivity index (χ1v) is 5.48. The summed E-state index contributed by atoms with van der Waals surface area (Å²) in [5.41, 5.74) is 1.57. The lowest BCUT2D eigenvalue weighted by Gasteiger charge is -2.05. The molecule has 3 nitrogen and oxygen atoms in total. The van der Waals surface area contributed by atoms with Crippen LogP contribution in [0.25, 0.3) is 11.1 Å². The molecule has 0 saturated carbocycles. The van der Waals surface area contributed by atoms with Gasteiger partial charge in [-0.3, -0.25) is 10.1 Å². The Labute approximate surface area is 101 Å². The van der Waals surface area contributed by atoms with Gasteiger partial charge in [0.25, 0.3) is 5.69 Å². The summed E-state index contributed by atoms with van der Waals surface area (Å²) in [6.07, 6.45) is 0. The van der Waals surface area contributed by atoms with E-state index >= 15 is 0 Å². The normalized spacial score (nSPS) is 10.1. The number of benzene rings is 2. The molecule has 0 saturated heterocycles. The topological polar surface area (TPSA) is 43.1 Å². The Morgan fingerprint density at radius 3 is 2.31 bits per heavy atom. The van der Waals surface area contributed by atoms with Gasteiger partial charge in [0.05, 0.1) is 10.5 Å². The molecule has 2 aromatic carbocycles. The number of hydrogen-bond donors (Lipinski definition) is 0. The quantitative estimate of drug-likeness (QED) is 0.615. The van der Waals surface area contributed by atoms with Crippen molar-refractivity contribution in [2.24, 2.45) is 0 Å². The van der Waals surface area contributed by atoms with Gasteiger partial charge in [-0.25, -0.2) is 0 Å². The fourth-order valence-corrected chi connectivity index (χ4v) is 2.14. The van der Waals surface area contributed by atoms with Crippen molar-refractivity contribution in [3.8, 4) is 11.1 Å². The van der Waals surface area contributed by atoms with Gasteiger partial charge in [-0.2, -0.15) is 0 Å². The summed E-state index contributed by atoms with van der Waals surface area (Å²) in [5.74, 6) is 0. The van der Waals surface area contributed by atoms with Crippen molar-refractivity contribution in [1.29, 1.82) is 0 Å². The second-order valence-corrected chi connectivity index (χ2v) is 4.11. The largest absolute Gasteiger partial charge is 0.278 e. The summed E-state index contributed by atoms with van der Waals surface area (Å²) in [6, 6.07) is 14.3. The second-order valence-electron chi connectivity index (χ2n) is 3.26. The molecule has 2 rings (SSSR count). The number of nitro benzene ring substituents is 1. The number of hydrogen-bond acceptors (Lipinski definition) is 2. The van der Waals surface area contributed by atoms with E-state index in [9.17, 15) is 10.1 Å². The highest BCUT2D eigenvalue weighted by Crippen LogP contribution is 2.35. The summed E-state index contributed by atoms with van der Waals surface area (Å²) in [5, 5.41) is 10.9. The van der Waals surface area contributed by atoms with E-state index in [1.165, 1.54) is 6.07 Å². The smallest absolute Gasteiger partial charge is 0.258 e. The van der Waals surface area contributed by atoms with Gasteiger partial charge in [0.15, 0.2) is 0 Å². The van der Waals surface area contributed by atoms with Crippen molar-refractivity contribution >= 4 is 21.6 Å². The predicted octanol–water partition coefficient (Wildman–Crippen LogP) is 4.02. The molecule has 0 fully saturated rings. The molecule has 0 aliphatic rings. The highest BCUT2D eigenvalue weighted by atomic mass is 79.9. The van der Waals surface area contributed by atoms with E-state index in [0.717, 1.165) is 10.0 Å². The maximum Gasteiger partial charge on any atom is 0.278 e. The summed E-state index contributed by atoms with van der Waals surface area (Å²) in [6.45, 7) is 0. The minimum Gasteiger partial charge on any atom is -0.258 e. The van der Waals surface area contributed by atoms with E-state index in [0.29, 0.717) is 5.56 Å². The maximum absolute atomic E-state index is 10.9. The third-order valence-corrected chi connectivity index (χ3v) is 2.91. The van der Waals surface area contributed by atoms with Crippen molar-refractivity contribution in [1.82, 2.24) is 0 Å². The SMILES string of the molecule is O=[N+]([O-])c1cccc(Br)c1-c1ccccc1. The van der Waals surface area contributed by atoms with Crippen LogP contribution in [-0.2, 0) is 0 Å². The van der Waals surface area contributed by atoms with Crippen LogP contribution in [0.1, 0.15) is 0 Å². The van der Waals surface area contributed by atoms with Crippen LogP contribution in [0.5, 0.6) is 0 Å². The van der Waals surface area contributed by atoms with E-state index in [1.54, 1.807) is 12.1 Å². The highest BCUT2D eigenvalue weighted by molar-refractivity contribution is 9.10. The Morgan fingerprint density at radius 2 is 1.69 bits per heavy atom.